The third kappa shape index (κ3) is 2.79. The lowest BCUT2D eigenvalue weighted by Gasteiger charge is -2.63. The number of hydrogen-bond donors (Lipinski definition) is 0. The van der Waals surface area contributed by atoms with Crippen LogP contribution in [0.15, 0.2) is 0 Å². The Morgan fingerprint density at radius 3 is 2.23 bits per heavy atom. The topological polar surface area (TPSA) is 54.0 Å². The average Bonchev–Trinajstić information content (AvgIpc) is 3.42. The van der Waals surface area contributed by atoms with E-state index in [2.05, 4.69) is 27.7 Å². The molecule has 8 atom stereocenters. The first kappa shape index (κ1) is 21.1. The number of rotatable bonds is 1. The predicted octanol–water partition coefficient (Wildman–Crippen LogP) is 4.58. The molecule has 1 spiro atoms. The van der Waals surface area contributed by atoms with Crippen LogP contribution in [-0.4, -0.2) is 43.8 Å². The number of ketones is 1. The van der Waals surface area contributed by atoms with E-state index in [0.717, 1.165) is 32.1 Å². The van der Waals surface area contributed by atoms with Crippen molar-refractivity contribution in [2.45, 2.75) is 84.2 Å². The van der Waals surface area contributed by atoms with Crippen molar-refractivity contribution in [3.8, 4) is 0 Å². The summed E-state index contributed by atoms with van der Waals surface area (Å²) in [7, 11) is 0. The van der Waals surface area contributed by atoms with Gasteiger partial charge in [-0.25, -0.2) is 0 Å². The highest BCUT2D eigenvalue weighted by Gasteiger charge is 2.68. The summed E-state index contributed by atoms with van der Waals surface area (Å²) in [6.45, 7) is 12.3. The molecular weight excluding hydrogens is 392 g/mol. The van der Waals surface area contributed by atoms with E-state index in [1.807, 2.05) is 0 Å². The predicted molar refractivity (Wildman–Crippen MR) is 115 cm³/mol. The second kappa shape index (κ2) is 6.77. The molecule has 2 heterocycles. The van der Waals surface area contributed by atoms with Gasteiger partial charge < -0.3 is 18.9 Å². The fraction of sp³-hybridized carbons (Fsp3) is 0.962. The average molecular weight is 433 g/mol. The van der Waals surface area contributed by atoms with Crippen molar-refractivity contribution >= 4 is 5.78 Å². The van der Waals surface area contributed by atoms with Gasteiger partial charge in [0.2, 0.25) is 0 Å². The molecule has 5 heteroatoms. The lowest BCUT2D eigenvalue weighted by atomic mass is 9.41. The van der Waals surface area contributed by atoms with Gasteiger partial charge in [-0.15, -0.1) is 0 Å². The maximum atomic E-state index is 13.8. The highest BCUT2D eigenvalue weighted by molar-refractivity contribution is 5.83. The van der Waals surface area contributed by atoms with Crippen molar-refractivity contribution in [1.29, 1.82) is 0 Å². The van der Waals surface area contributed by atoms with Crippen LogP contribution in [0, 0.1) is 46.3 Å². The summed E-state index contributed by atoms with van der Waals surface area (Å²) in [6.07, 6.45) is 7.14. The fourth-order valence-electron chi connectivity index (χ4n) is 9.91. The Labute approximate surface area is 186 Å². The van der Waals surface area contributed by atoms with E-state index in [1.165, 1.54) is 6.42 Å². The molecule has 2 aliphatic heterocycles. The molecule has 0 N–H and O–H groups in total. The Balaban J connectivity index is 1.33. The Hall–Kier alpha value is -0.490. The van der Waals surface area contributed by atoms with Crippen LogP contribution in [0.2, 0.25) is 0 Å². The fourth-order valence-corrected chi connectivity index (χ4v) is 9.91. The van der Waals surface area contributed by atoms with Crippen LogP contribution >= 0.6 is 0 Å². The standard InChI is InChI=1S/C26H40O5/c1-16-14-24(3)18(5-6-20(24)25(4)28-9-10-29-25)21-19(27)13-17-15-26(30-11-12-31-26)8-7-23(17,2)22(16)21/h16-18,20-22H,5-15H2,1-4H3/t16?,17-,18?,20?,21?,22?,23+,24+/m1/s1. The minimum Gasteiger partial charge on any atom is -0.348 e. The monoisotopic (exact) mass is 432 g/mol. The van der Waals surface area contributed by atoms with Gasteiger partial charge in [-0.3, -0.25) is 4.79 Å². The smallest absolute Gasteiger partial charge is 0.169 e. The van der Waals surface area contributed by atoms with Gasteiger partial charge in [0, 0.05) is 31.1 Å². The zero-order chi connectivity index (χ0) is 21.6. The molecule has 6 aliphatic rings. The van der Waals surface area contributed by atoms with Gasteiger partial charge in [0.1, 0.15) is 5.78 Å². The summed E-state index contributed by atoms with van der Waals surface area (Å²) < 4.78 is 24.5. The first-order chi connectivity index (χ1) is 14.7. The Morgan fingerprint density at radius 1 is 0.839 bits per heavy atom. The van der Waals surface area contributed by atoms with Crippen molar-refractivity contribution in [3.05, 3.63) is 0 Å². The first-order valence-corrected chi connectivity index (χ1v) is 12.8. The molecule has 5 unspecified atom stereocenters. The quantitative estimate of drug-likeness (QED) is 0.607. The zero-order valence-corrected chi connectivity index (χ0v) is 19.8. The van der Waals surface area contributed by atoms with E-state index in [4.69, 9.17) is 18.9 Å². The second-order valence-corrected chi connectivity index (χ2v) is 12.4. The number of carbonyl (C=O) groups is 1. The molecule has 0 aromatic carbocycles. The van der Waals surface area contributed by atoms with Crippen molar-refractivity contribution in [2.75, 3.05) is 26.4 Å². The van der Waals surface area contributed by atoms with E-state index in [0.29, 0.717) is 68.2 Å². The molecule has 0 aromatic rings. The maximum Gasteiger partial charge on any atom is 0.169 e. The molecule has 0 amide bonds. The number of hydrogen-bond acceptors (Lipinski definition) is 5. The molecule has 31 heavy (non-hydrogen) atoms. The number of carbonyl (C=O) groups excluding carboxylic acids is 1. The highest BCUT2D eigenvalue weighted by Crippen LogP contribution is 2.70. The molecule has 6 fully saturated rings. The summed E-state index contributed by atoms with van der Waals surface area (Å²) in [5.41, 5.74) is 0.328. The van der Waals surface area contributed by atoms with Crippen molar-refractivity contribution in [1.82, 2.24) is 0 Å². The highest BCUT2D eigenvalue weighted by atomic mass is 16.7. The van der Waals surface area contributed by atoms with Crippen LogP contribution in [0.5, 0.6) is 0 Å². The second-order valence-electron chi connectivity index (χ2n) is 12.4. The van der Waals surface area contributed by atoms with Gasteiger partial charge in [0.15, 0.2) is 11.6 Å². The van der Waals surface area contributed by atoms with Crippen molar-refractivity contribution in [2.24, 2.45) is 46.3 Å². The lowest BCUT2D eigenvalue weighted by molar-refractivity contribution is -0.242. The van der Waals surface area contributed by atoms with Crippen LogP contribution in [0.4, 0.5) is 0 Å². The van der Waals surface area contributed by atoms with Gasteiger partial charge in [0.25, 0.3) is 0 Å². The summed E-state index contributed by atoms with van der Waals surface area (Å²) in [5, 5.41) is 0. The minimum atomic E-state index is -0.478. The van der Waals surface area contributed by atoms with Gasteiger partial charge in [-0.05, 0) is 67.1 Å². The van der Waals surface area contributed by atoms with Crippen molar-refractivity contribution < 1.29 is 23.7 Å². The molecule has 4 saturated carbocycles. The Bertz CT molecular complexity index is 753. The zero-order valence-electron chi connectivity index (χ0n) is 19.8. The van der Waals surface area contributed by atoms with E-state index in [-0.39, 0.29) is 16.7 Å². The number of ether oxygens (including phenoxy) is 4. The third-order valence-electron chi connectivity index (χ3n) is 11.0. The van der Waals surface area contributed by atoms with Crippen molar-refractivity contribution in [3.63, 3.8) is 0 Å². The van der Waals surface area contributed by atoms with Gasteiger partial charge in [-0.2, -0.15) is 0 Å². The Kier molecular flexibility index (Phi) is 4.60. The minimum absolute atomic E-state index is 0.117. The van der Waals surface area contributed by atoms with Crippen LogP contribution < -0.4 is 0 Å². The molecular formula is C26H40O5. The summed E-state index contributed by atoms with van der Waals surface area (Å²) >= 11 is 0. The molecule has 5 nitrogen and oxygen atoms in total. The largest absolute Gasteiger partial charge is 0.348 e. The first-order valence-electron chi connectivity index (χ1n) is 12.8. The molecule has 0 bridgehead atoms. The van der Waals surface area contributed by atoms with E-state index >= 15 is 0 Å². The summed E-state index contributed by atoms with van der Waals surface area (Å²) in [5.74, 6) is 2.07. The molecule has 4 aliphatic carbocycles. The number of fused-ring (bicyclic) bond motifs is 5. The molecule has 174 valence electrons. The SMILES string of the molecule is CC1C[C@@]2(C)C(CCC2C2(C)OCCO2)C2C(=O)C[C@@H]3CC4(CC[C@]3(C)C12)OCCO4. The van der Waals surface area contributed by atoms with Crippen LogP contribution in [-0.2, 0) is 23.7 Å². The van der Waals surface area contributed by atoms with E-state index in [9.17, 15) is 4.79 Å². The summed E-state index contributed by atoms with van der Waals surface area (Å²) in [6, 6.07) is 0. The van der Waals surface area contributed by atoms with Crippen LogP contribution in [0.1, 0.15) is 72.6 Å². The third-order valence-corrected chi connectivity index (χ3v) is 11.0. The van der Waals surface area contributed by atoms with E-state index in [1.54, 1.807) is 0 Å². The Morgan fingerprint density at radius 2 is 1.52 bits per heavy atom. The summed E-state index contributed by atoms with van der Waals surface area (Å²) in [4.78, 5) is 13.8. The van der Waals surface area contributed by atoms with Crippen LogP contribution in [0.3, 0.4) is 0 Å². The normalized spacial score (nSPS) is 52.7. The lowest BCUT2D eigenvalue weighted by Crippen LogP contribution is -2.62. The molecule has 0 aromatic heterocycles. The van der Waals surface area contributed by atoms with Gasteiger partial charge in [-0.1, -0.05) is 20.8 Å². The van der Waals surface area contributed by atoms with Gasteiger partial charge >= 0.3 is 0 Å². The molecule has 6 rings (SSSR count). The van der Waals surface area contributed by atoms with Crippen LogP contribution in [0.25, 0.3) is 0 Å². The molecule has 2 saturated heterocycles. The van der Waals surface area contributed by atoms with Gasteiger partial charge in [0.05, 0.1) is 26.4 Å². The molecule has 0 radical (unpaired) electrons. The maximum absolute atomic E-state index is 13.8. The number of Topliss-reactive ketones (excluding diaryl/α,β-unsaturated/α-hetero) is 1. The van der Waals surface area contributed by atoms with E-state index < -0.39 is 11.6 Å².